The number of aromatic nitrogens is 3. The second kappa shape index (κ2) is 6.06. The summed E-state index contributed by atoms with van der Waals surface area (Å²) in [6, 6.07) is 3.94. The molecule has 0 radical (unpaired) electrons. The Bertz CT molecular complexity index is 569. The van der Waals surface area contributed by atoms with Gasteiger partial charge in [0, 0.05) is 11.5 Å². The summed E-state index contributed by atoms with van der Waals surface area (Å²) in [5.41, 5.74) is 3.18. The standard InChI is InChI=1S/C13H16BrN3O2/c1-9-4-12(18-2)13(19-3)5-10(9)7-17-8-11(6-14)15-16-17/h4-5,8H,6-7H2,1-3H3. The summed E-state index contributed by atoms with van der Waals surface area (Å²) in [6.45, 7) is 2.70. The first kappa shape index (κ1) is 13.9. The third-order valence-corrected chi connectivity index (χ3v) is 3.47. The van der Waals surface area contributed by atoms with E-state index in [2.05, 4.69) is 26.2 Å². The fourth-order valence-electron chi connectivity index (χ4n) is 1.84. The minimum Gasteiger partial charge on any atom is -0.493 e. The van der Waals surface area contributed by atoms with E-state index in [-0.39, 0.29) is 0 Å². The third kappa shape index (κ3) is 3.07. The van der Waals surface area contributed by atoms with Gasteiger partial charge in [-0.2, -0.15) is 0 Å². The summed E-state index contributed by atoms with van der Waals surface area (Å²) < 4.78 is 12.4. The van der Waals surface area contributed by atoms with Crippen molar-refractivity contribution in [2.45, 2.75) is 18.8 Å². The van der Waals surface area contributed by atoms with Crippen LogP contribution in [0, 0.1) is 6.92 Å². The average Bonchev–Trinajstić information content (AvgIpc) is 2.88. The lowest BCUT2D eigenvalue weighted by Gasteiger charge is -2.12. The predicted molar refractivity (Wildman–Crippen MR) is 76.0 cm³/mol. The zero-order valence-electron chi connectivity index (χ0n) is 11.2. The quantitative estimate of drug-likeness (QED) is 0.793. The second-order valence-electron chi connectivity index (χ2n) is 4.17. The van der Waals surface area contributed by atoms with Crippen LogP contribution in [0.1, 0.15) is 16.8 Å². The predicted octanol–water partition coefficient (Wildman–Crippen LogP) is 2.55. The van der Waals surface area contributed by atoms with Crippen LogP contribution in [0.2, 0.25) is 0 Å². The molecular weight excluding hydrogens is 310 g/mol. The van der Waals surface area contributed by atoms with Gasteiger partial charge in [-0.05, 0) is 30.2 Å². The van der Waals surface area contributed by atoms with Crippen molar-refractivity contribution < 1.29 is 9.47 Å². The number of hydrogen-bond acceptors (Lipinski definition) is 4. The number of alkyl halides is 1. The maximum atomic E-state index is 5.32. The lowest BCUT2D eigenvalue weighted by atomic mass is 10.1. The van der Waals surface area contributed by atoms with E-state index in [9.17, 15) is 0 Å². The number of benzene rings is 1. The minimum absolute atomic E-state index is 0.659. The van der Waals surface area contributed by atoms with Crippen molar-refractivity contribution in [3.8, 4) is 11.5 Å². The lowest BCUT2D eigenvalue weighted by Crippen LogP contribution is -2.03. The topological polar surface area (TPSA) is 49.2 Å². The van der Waals surface area contributed by atoms with Gasteiger partial charge in [0.1, 0.15) is 0 Å². The van der Waals surface area contributed by atoms with E-state index < -0.39 is 0 Å². The maximum absolute atomic E-state index is 5.32. The normalized spacial score (nSPS) is 10.5. The van der Waals surface area contributed by atoms with Crippen LogP contribution in [-0.4, -0.2) is 29.2 Å². The Labute approximate surface area is 120 Å². The molecule has 1 heterocycles. The fourth-order valence-corrected chi connectivity index (χ4v) is 2.10. The fraction of sp³-hybridized carbons (Fsp3) is 0.385. The van der Waals surface area contributed by atoms with Crippen molar-refractivity contribution in [1.82, 2.24) is 15.0 Å². The summed E-state index contributed by atoms with van der Waals surface area (Å²) in [6.07, 6.45) is 1.92. The van der Waals surface area contributed by atoms with Crippen molar-refractivity contribution in [2.24, 2.45) is 0 Å². The smallest absolute Gasteiger partial charge is 0.161 e. The Morgan fingerprint density at radius 2 is 1.89 bits per heavy atom. The number of halogens is 1. The molecule has 19 heavy (non-hydrogen) atoms. The molecule has 2 rings (SSSR count). The lowest BCUT2D eigenvalue weighted by molar-refractivity contribution is 0.354. The van der Waals surface area contributed by atoms with Crippen molar-refractivity contribution in [1.29, 1.82) is 0 Å². The summed E-state index contributed by atoms with van der Waals surface area (Å²) in [5.74, 6) is 1.47. The van der Waals surface area contributed by atoms with Crippen LogP contribution in [0.25, 0.3) is 0 Å². The molecule has 0 spiro atoms. The van der Waals surface area contributed by atoms with E-state index in [0.29, 0.717) is 11.9 Å². The molecule has 0 unspecified atom stereocenters. The van der Waals surface area contributed by atoms with Crippen LogP contribution in [0.5, 0.6) is 11.5 Å². The molecule has 6 heteroatoms. The van der Waals surface area contributed by atoms with Gasteiger partial charge in [-0.15, -0.1) is 5.10 Å². The number of aryl methyl sites for hydroxylation is 1. The van der Waals surface area contributed by atoms with E-state index in [1.165, 1.54) is 0 Å². The van der Waals surface area contributed by atoms with Crippen LogP contribution in [0.15, 0.2) is 18.3 Å². The van der Waals surface area contributed by atoms with E-state index >= 15 is 0 Å². The Morgan fingerprint density at radius 1 is 1.21 bits per heavy atom. The molecule has 5 nitrogen and oxygen atoms in total. The average molecular weight is 326 g/mol. The van der Waals surface area contributed by atoms with Gasteiger partial charge in [-0.3, -0.25) is 0 Å². The SMILES string of the molecule is COc1cc(C)c(Cn2cc(CBr)nn2)cc1OC. The molecule has 0 aliphatic heterocycles. The number of ether oxygens (including phenoxy) is 2. The van der Waals surface area contributed by atoms with Gasteiger partial charge in [0.05, 0.1) is 26.5 Å². The molecule has 102 valence electrons. The minimum atomic E-state index is 0.659. The highest BCUT2D eigenvalue weighted by atomic mass is 79.9. The van der Waals surface area contributed by atoms with Gasteiger partial charge in [-0.25, -0.2) is 4.68 Å². The third-order valence-electron chi connectivity index (χ3n) is 2.90. The van der Waals surface area contributed by atoms with Crippen molar-refractivity contribution in [3.63, 3.8) is 0 Å². The van der Waals surface area contributed by atoms with Crippen LogP contribution in [0.4, 0.5) is 0 Å². The molecule has 0 N–H and O–H groups in total. The molecular formula is C13H16BrN3O2. The first-order valence-electron chi connectivity index (χ1n) is 5.84. The maximum Gasteiger partial charge on any atom is 0.161 e. The zero-order valence-corrected chi connectivity index (χ0v) is 12.8. The molecule has 0 amide bonds. The summed E-state index contributed by atoms with van der Waals surface area (Å²) in [7, 11) is 3.27. The molecule has 0 bridgehead atoms. The van der Waals surface area contributed by atoms with Crippen LogP contribution in [0.3, 0.4) is 0 Å². The second-order valence-corrected chi connectivity index (χ2v) is 4.74. The number of methoxy groups -OCH3 is 2. The van der Waals surface area contributed by atoms with Crippen LogP contribution in [-0.2, 0) is 11.9 Å². The molecule has 1 aromatic carbocycles. The number of rotatable bonds is 5. The monoisotopic (exact) mass is 325 g/mol. The number of hydrogen-bond donors (Lipinski definition) is 0. The van der Waals surface area contributed by atoms with Gasteiger partial charge in [0.25, 0.3) is 0 Å². The molecule has 0 fully saturated rings. The highest BCUT2D eigenvalue weighted by molar-refractivity contribution is 9.08. The van der Waals surface area contributed by atoms with Crippen molar-refractivity contribution >= 4 is 15.9 Å². The summed E-state index contributed by atoms with van der Waals surface area (Å²) in [4.78, 5) is 0. The van der Waals surface area contributed by atoms with E-state index in [4.69, 9.17) is 9.47 Å². The Morgan fingerprint density at radius 3 is 2.47 bits per heavy atom. The van der Waals surface area contributed by atoms with Crippen molar-refractivity contribution in [3.05, 3.63) is 35.2 Å². The van der Waals surface area contributed by atoms with Crippen LogP contribution >= 0.6 is 15.9 Å². The summed E-state index contributed by atoms with van der Waals surface area (Å²) in [5, 5.41) is 8.84. The first-order valence-corrected chi connectivity index (χ1v) is 6.96. The molecule has 0 atom stereocenters. The van der Waals surface area contributed by atoms with Gasteiger partial charge in [0.2, 0.25) is 0 Å². The zero-order chi connectivity index (χ0) is 13.8. The molecule has 0 aliphatic rings. The van der Waals surface area contributed by atoms with Gasteiger partial charge in [-0.1, -0.05) is 21.1 Å². The molecule has 1 aromatic heterocycles. The Kier molecular flexibility index (Phi) is 4.42. The van der Waals surface area contributed by atoms with E-state index in [1.807, 2.05) is 29.9 Å². The molecule has 2 aromatic rings. The highest BCUT2D eigenvalue weighted by Crippen LogP contribution is 2.30. The largest absolute Gasteiger partial charge is 0.493 e. The van der Waals surface area contributed by atoms with Gasteiger partial charge >= 0.3 is 0 Å². The Balaban J connectivity index is 2.29. The van der Waals surface area contributed by atoms with E-state index in [1.54, 1.807) is 14.2 Å². The molecule has 0 saturated heterocycles. The highest BCUT2D eigenvalue weighted by Gasteiger charge is 2.09. The number of nitrogens with zero attached hydrogens (tertiary/aromatic N) is 3. The van der Waals surface area contributed by atoms with E-state index in [0.717, 1.165) is 28.3 Å². The van der Waals surface area contributed by atoms with Gasteiger partial charge in [0.15, 0.2) is 11.5 Å². The van der Waals surface area contributed by atoms with Gasteiger partial charge < -0.3 is 9.47 Å². The Hall–Kier alpha value is -1.56. The molecule has 0 aliphatic carbocycles. The first-order chi connectivity index (χ1) is 9.17. The summed E-state index contributed by atoms with van der Waals surface area (Å²) >= 11 is 3.36. The van der Waals surface area contributed by atoms with Crippen LogP contribution < -0.4 is 9.47 Å². The van der Waals surface area contributed by atoms with Crippen molar-refractivity contribution in [2.75, 3.05) is 14.2 Å². The molecule has 0 saturated carbocycles.